The van der Waals surface area contributed by atoms with Crippen LogP contribution in [0.4, 0.5) is 5.69 Å². The highest BCUT2D eigenvalue weighted by molar-refractivity contribution is 5.99. The minimum atomic E-state index is -0.0595. The first kappa shape index (κ1) is 15.8. The average molecular weight is 290 g/mol. The van der Waals surface area contributed by atoms with Crippen molar-refractivity contribution in [2.24, 2.45) is 0 Å². The van der Waals surface area contributed by atoms with E-state index >= 15 is 0 Å². The molecule has 2 rings (SSSR count). The Bertz CT molecular complexity index is 483. The van der Waals surface area contributed by atoms with Crippen molar-refractivity contribution in [3.05, 3.63) is 23.5 Å². The second-order valence-electron chi connectivity index (χ2n) is 5.78. The van der Waals surface area contributed by atoms with Gasteiger partial charge >= 0.3 is 0 Å². The summed E-state index contributed by atoms with van der Waals surface area (Å²) in [5.74, 6) is -0.0595. The first-order valence-corrected chi connectivity index (χ1v) is 7.78. The fourth-order valence-electron chi connectivity index (χ4n) is 2.77. The van der Waals surface area contributed by atoms with Crippen LogP contribution < -0.4 is 10.6 Å². The van der Waals surface area contributed by atoms with Crippen molar-refractivity contribution in [2.45, 2.75) is 39.2 Å². The summed E-state index contributed by atoms with van der Waals surface area (Å²) >= 11 is 0. The summed E-state index contributed by atoms with van der Waals surface area (Å²) in [7, 11) is 1.82. The molecule has 1 aliphatic rings. The van der Waals surface area contributed by atoms with Gasteiger partial charge in [-0.2, -0.15) is 0 Å². The number of nitrogens with zero attached hydrogens (tertiary/aromatic N) is 2. The molecule has 5 nitrogen and oxygen atoms in total. The molecule has 1 saturated heterocycles. The summed E-state index contributed by atoms with van der Waals surface area (Å²) in [5, 5.41) is 6.09. The number of carbonyl (C=O) groups is 1. The van der Waals surface area contributed by atoms with Gasteiger partial charge in [0, 0.05) is 31.5 Å². The number of likely N-dealkylation sites (tertiary alicyclic amines) is 1. The number of carbonyl (C=O) groups excluding carboxylic acids is 1. The van der Waals surface area contributed by atoms with E-state index in [9.17, 15) is 4.79 Å². The molecule has 2 N–H and O–H groups in total. The molecule has 2 heterocycles. The Morgan fingerprint density at radius 2 is 2.10 bits per heavy atom. The first-order valence-electron chi connectivity index (χ1n) is 7.78. The van der Waals surface area contributed by atoms with Crippen LogP contribution in [0.25, 0.3) is 0 Å². The van der Waals surface area contributed by atoms with Crippen molar-refractivity contribution in [1.29, 1.82) is 0 Å². The van der Waals surface area contributed by atoms with Crippen LogP contribution in [-0.2, 0) is 0 Å². The summed E-state index contributed by atoms with van der Waals surface area (Å²) in [6.45, 7) is 7.06. The molecule has 21 heavy (non-hydrogen) atoms. The standard InChI is InChI=1S/C16H26N4O/c1-12-9-15(17-3)14(11-18-12)16(21)19-10-13(2)20-7-5-4-6-8-20/h9,11,13H,4-8,10H2,1-3H3,(H,17,18)(H,19,21). The van der Waals surface area contributed by atoms with Crippen molar-refractivity contribution in [3.63, 3.8) is 0 Å². The number of piperidine rings is 1. The Kier molecular flexibility index (Phi) is 5.56. The molecule has 1 fully saturated rings. The molecular weight excluding hydrogens is 264 g/mol. The lowest BCUT2D eigenvalue weighted by atomic mass is 10.1. The molecule has 1 aliphatic heterocycles. The predicted molar refractivity (Wildman–Crippen MR) is 85.7 cm³/mol. The number of hydrogen-bond donors (Lipinski definition) is 2. The number of amides is 1. The Labute approximate surface area is 127 Å². The number of aryl methyl sites for hydroxylation is 1. The van der Waals surface area contributed by atoms with E-state index in [-0.39, 0.29) is 5.91 Å². The lowest BCUT2D eigenvalue weighted by molar-refractivity contribution is 0.0930. The third-order valence-corrected chi connectivity index (χ3v) is 4.13. The van der Waals surface area contributed by atoms with E-state index in [4.69, 9.17) is 0 Å². The second-order valence-corrected chi connectivity index (χ2v) is 5.78. The van der Waals surface area contributed by atoms with Gasteiger partial charge in [-0.05, 0) is 45.8 Å². The molecule has 116 valence electrons. The van der Waals surface area contributed by atoms with Crippen molar-refractivity contribution in [1.82, 2.24) is 15.2 Å². The zero-order chi connectivity index (χ0) is 15.2. The Balaban J connectivity index is 1.92. The zero-order valence-electron chi connectivity index (χ0n) is 13.3. The molecule has 0 bridgehead atoms. The van der Waals surface area contributed by atoms with Gasteiger partial charge in [0.1, 0.15) is 0 Å². The third kappa shape index (κ3) is 4.17. The molecule has 1 aromatic rings. The molecule has 0 aromatic carbocycles. The molecule has 1 amide bonds. The maximum absolute atomic E-state index is 12.3. The van der Waals surface area contributed by atoms with Crippen LogP contribution in [0.5, 0.6) is 0 Å². The number of pyridine rings is 1. The summed E-state index contributed by atoms with van der Waals surface area (Å²) in [4.78, 5) is 19.0. The van der Waals surface area contributed by atoms with Gasteiger partial charge in [-0.25, -0.2) is 0 Å². The normalized spacial score (nSPS) is 17.3. The minimum Gasteiger partial charge on any atom is -0.387 e. The highest BCUT2D eigenvalue weighted by Crippen LogP contribution is 2.15. The van der Waals surface area contributed by atoms with Crippen LogP contribution in [0.3, 0.4) is 0 Å². The van der Waals surface area contributed by atoms with Crippen LogP contribution in [0.2, 0.25) is 0 Å². The molecule has 1 aromatic heterocycles. The summed E-state index contributed by atoms with van der Waals surface area (Å²) in [6, 6.07) is 2.27. The second kappa shape index (κ2) is 7.41. The van der Waals surface area contributed by atoms with Crippen molar-refractivity contribution >= 4 is 11.6 Å². The maximum Gasteiger partial charge on any atom is 0.255 e. The van der Waals surface area contributed by atoms with Gasteiger partial charge in [0.2, 0.25) is 0 Å². The van der Waals surface area contributed by atoms with Gasteiger partial charge in [0.25, 0.3) is 5.91 Å². The largest absolute Gasteiger partial charge is 0.387 e. The average Bonchev–Trinajstić information content (AvgIpc) is 2.52. The minimum absolute atomic E-state index is 0.0595. The first-order chi connectivity index (χ1) is 10.1. The number of nitrogens with one attached hydrogen (secondary N) is 2. The molecular formula is C16H26N4O. The van der Waals surface area contributed by atoms with Crippen LogP contribution in [0.1, 0.15) is 42.2 Å². The van der Waals surface area contributed by atoms with Gasteiger partial charge in [-0.3, -0.25) is 14.7 Å². The quantitative estimate of drug-likeness (QED) is 0.871. The van der Waals surface area contributed by atoms with Crippen LogP contribution in [0, 0.1) is 6.92 Å². The van der Waals surface area contributed by atoms with Gasteiger partial charge in [-0.15, -0.1) is 0 Å². The number of anilines is 1. The van der Waals surface area contributed by atoms with E-state index in [2.05, 4.69) is 27.4 Å². The van der Waals surface area contributed by atoms with E-state index in [0.717, 1.165) is 24.5 Å². The topological polar surface area (TPSA) is 57.3 Å². The third-order valence-electron chi connectivity index (χ3n) is 4.13. The van der Waals surface area contributed by atoms with E-state index in [1.807, 2.05) is 20.0 Å². The molecule has 0 spiro atoms. The molecule has 5 heteroatoms. The van der Waals surface area contributed by atoms with Gasteiger partial charge < -0.3 is 10.6 Å². The van der Waals surface area contributed by atoms with Crippen molar-refractivity contribution in [3.8, 4) is 0 Å². The lowest BCUT2D eigenvalue weighted by Crippen LogP contribution is -2.44. The smallest absolute Gasteiger partial charge is 0.255 e. The Morgan fingerprint density at radius 1 is 1.38 bits per heavy atom. The summed E-state index contributed by atoms with van der Waals surface area (Å²) in [6.07, 6.45) is 5.51. The molecule has 0 aliphatic carbocycles. The van der Waals surface area contributed by atoms with E-state index in [1.165, 1.54) is 19.3 Å². The summed E-state index contributed by atoms with van der Waals surface area (Å²) < 4.78 is 0. The van der Waals surface area contributed by atoms with Gasteiger partial charge in [0.15, 0.2) is 0 Å². The zero-order valence-corrected chi connectivity index (χ0v) is 13.3. The van der Waals surface area contributed by atoms with E-state index in [0.29, 0.717) is 18.2 Å². The monoisotopic (exact) mass is 290 g/mol. The van der Waals surface area contributed by atoms with Gasteiger partial charge in [0.05, 0.1) is 11.3 Å². The SMILES string of the molecule is CNc1cc(C)ncc1C(=O)NCC(C)N1CCCCC1. The highest BCUT2D eigenvalue weighted by atomic mass is 16.1. The van der Waals surface area contributed by atoms with E-state index in [1.54, 1.807) is 6.20 Å². The lowest BCUT2D eigenvalue weighted by Gasteiger charge is -2.32. The Morgan fingerprint density at radius 3 is 2.76 bits per heavy atom. The number of hydrogen-bond acceptors (Lipinski definition) is 4. The summed E-state index contributed by atoms with van der Waals surface area (Å²) in [5.41, 5.74) is 2.33. The molecule has 1 unspecified atom stereocenters. The fourth-order valence-corrected chi connectivity index (χ4v) is 2.77. The predicted octanol–water partition coefficient (Wildman–Crippen LogP) is 2.04. The van der Waals surface area contributed by atoms with Crippen LogP contribution in [-0.4, -0.2) is 48.5 Å². The van der Waals surface area contributed by atoms with Crippen molar-refractivity contribution in [2.75, 3.05) is 32.0 Å². The number of rotatable bonds is 5. The maximum atomic E-state index is 12.3. The highest BCUT2D eigenvalue weighted by Gasteiger charge is 2.18. The van der Waals surface area contributed by atoms with Crippen molar-refractivity contribution < 1.29 is 4.79 Å². The van der Waals surface area contributed by atoms with Gasteiger partial charge in [-0.1, -0.05) is 6.42 Å². The van der Waals surface area contributed by atoms with Crippen LogP contribution >= 0.6 is 0 Å². The molecule has 1 atom stereocenters. The molecule has 0 saturated carbocycles. The van der Waals surface area contributed by atoms with E-state index < -0.39 is 0 Å². The van der Waals surface area contributed by atoms with Crippen LogP contribution in [0.15, 0.2) is 12.3 Å². The molecule has 0 radical (unpaired) electrons. The Hall–Kier alpha value is -1.62. The number of aromatic nitrogens is 1. The fraction of sp³-hybridized carbons (Fsp3) is 0.625.